The first-order valence-electron chi connectivity index (χ1n) is 18.3. The number of hydrogen-bond acceptors (Lipinski definition) is 8. The highest BCUT2D eigenvalue weighted by molar-refractivity contribution is 7.47. The molecule has 0 fully saturated rings. The Kier molecular flexibility index (Phi) is 32.3. The Hall–Kier alpha value is -1.51. The summed E-state index contributed by atoms with van der Waals surface area (Å²) in [6.45, 7) is 3.65. The third-order valence-electron chi connectivity index (χ3n) is 7.56. The van der Waals surface area contributed by atoms with Crippen molar-refractivity contribution in [3.63, 3.8) is 0 Å². The molecule has 0 aliphatic heterocycles. The van der Waals surface area contributed by atoms with Crippen LogP contribution < -0.4 is 5.73 Å². The molecule has 10 heteroatoms. The van der Waals surface area contributed by atoms with Gasteiger partial charge in [0, 0.05) is 19.4 Å². The fourth-order valence-electron chi connectivity index (χ4n) is 4.80. The van der Waals surface area contributed by atoms with Gasteiger partial charge in [0.15, 0.2) is 6.10 Å². The van der Waals surface area contributed by atoms with Gasteiger partial charge >= 0.3 is 19.8 Å². The van der Waals surface area contributed by atoms with E-state index in [-0.39, 0.29) is 32.6 Å². The van der Waals surface area contributed by atoms with Crippen molar-refractivity contribution in [1.29, 1.82) is 0 Å². The van der Waals surface area contributed by atoms with Gasteiger partial charge in [-0.1, -0.05) is 109 Å². The molecule has 3 N–H and O–H groups in total. The maximum atomic E-state index is 12.5. The van der Waals surface area contributed by atoms with Gasteiger partial charge in [-0.15, -0.1) is 0 Å². The summed E-state index contributed by atoms with van der Waals surface area (Å²) < 4.78 is 32.6. The molecule has 0 aliphatic rings. The van der Waals surface area contributed by atoms with E-state index < -0.39 is 32.5 Å². The summed E-state index contributed by atoms with van der Waals surface area (Å²) in [6.07, 6.45) is 32.1. The maximum absolute atomic E-state index is 12.5. The van der Waals surface area contributed by atoms with Crippen molar-refractivity contribution >= 4 is 19.8 Å². The molecule has 0 aliphatic carbocycles. The predicted molar refractivity (Wildman–Crippen MR) is 187 cm³/mol. The van der Waals surface area contributed by atoms with Gasteiger partial charge in [0.2, 0.25) is 0 Å². The van der Waals surface area contributed by atoms with E-state index in [0.29, 0.717) is 12.8 Å². The molecule has 0 bridgehead atoms. The Labute approximate surface area is 281 Å². The second kappa shape index (κ2) is 33.4. The van der Waals surface area contributed by atoms with Gasteiger partial charge < -0.3 is 20.1 Å². The van der Waals surface area contributed by atoms with Crippen LogP contribution in [0, 0.1) is 0 Å². The number of carbonyl (C=O) groups is 2. The molecule has 0 saturated carbocycles. The van der Waals surface area contributed by atoms with E-state index in [0.717, 1.165) is 64.2 Å². The number of phosphoric acid groups is 1. The Morgan fingerprint density at radius 2 is 1.07 bits per heavy atom. The third-order valence-corrected chi connectivity index (χ3v) is 8.54. The lowest BCUT2D eigenvalue weighted by molar-refractivity contribution is -0.161. The molecular formula is C36H68NO8P. The number of hydrogen-bond donors (Lipinski definition) is 2. The monoisotopic (exact) mass is 673 g/mol. The van der Waals surface area contributed by atoms with Gasteiger partial charge in [0.25, 0.3) is 0 Å². The molecule has 0 amide bonds. The van der Waals surface area contributed by atoms with Gasteiger partial charge in [0.1, 0.15) is 6.61 Å². The lowest BCUT2D eigenvalue weighted by Crippen LogP contribution is -2.29. The SMILES string of the molecule is CCCCC/C=C/CCCCCCCC(=O)O[C@H](COC(=O)CCCCC/C=C/CCCCCCCC)COP(=O)(O)OCCN. The van der Waals surface area contributed by atoms with Crippen LogP contribution in [0.1, 0.15) is 162 Å². The van der Waals surface area contributed by atoms with E-state index >= 15 is 0 Å². The summed E-state index contributed by atoms with van der Waals surface area (Å²) in [7, 11) is -4.37. The van der Waals surface area contributed by atoms with Crippen molar-refractivity contribution in [2.75, 3.05) is 26.4 Å². The van der Waals surface area contributed by atoms with Crippen molar-refractivity contribution in [3.8, 4) is 0 Å². The fraction of sp³-hybridized carbons (Fsp3) is 0.833. The summed E-state index contributed by atoms with van der Waals surface area (Å²) in [5, 5.41) is 0. The molecule has 0 radical (unpaired) electrons. The first-order chi connectivity index (χ1) is 22.3. The van der Waals surface area contributed by atoms with Crippen LogP contribution in [0.2, 0.25) is 0 Å². The molecule has 9 nitrogen and oxygen atoms in total. The van der Waals surface area contributed by atoms with Crippen LogP contribution in [-0.4, -0.2) is 49.3 Å². The van der Waals surface area contributed by atoms with E-state index in [1.807, 2.05) is 0 Å². The summed E-state index contributed by atoms with van der Waals surface area (Å²) in [6, 6.07) is 0. The number of carbonyl (C=O) groups excluding carboxylic acids is 2. The highest BCUT2D eigenvalue weighted by atomic mass is 31.2. The minimum atomic E-state index is -4.37. The molecule has 0 aromatic heterocycles. The van der Waals surface area contributed by atoms with Crippen molar-refractivity contribution < 1.29 is 37.6 Å². The Bertz CT molecular complexity index is 820. The predicted octanol–water partition coefficient (Wildman–Crippen LogP) is 9.66. The van der Waals surface area contributed by atoms with Gasteiger partial charge in [-0.05, 0) is 64.2 Å². The lowest BCUT2D eigenvalue weighted by Gasteiger charge is -2.19. The lowest BCUT2D eigenvalue weighted by atomic mass is 10.1. The van der Waals surface area contributed by atoms with Crippen LogP contribution in [0.3, 0.4) is 0 Å². The molecule has 46 heavy (non-hydrogen) atoms. The first kappa shape index (κ1) is 44.5. The Morgan fingerprint density at radius 1 is 0.630 bits per heavy atom. The van der Waals surface area contributed by atoms with Gasteiger partial charge in [-0.25, -0.2) is 4.57 Å². The normalized spacial score (nSPS) is 13.7. The van der Waals surface area contributed by atoms with E-state index in [1.165, 1.54) is 57.8 Å². The summed E-state index contributed by atoms with van der Waals surface area (Å²) >= 11 is 0. The molecule has 0 saturated heterocycles. The third kappa shape index (κ3) is 32.4. The van der Waals surface area contributed by atoms with Gasteiger partial charge in [-0.3, -0.25) is 18.6 Å². The molecule has 0 spiro atoms. The summed E-state index contributed by atoms with van der Waals surface area (Å²) in [5.41, 5.74) is 5.32. The van der Waals surface area contributed by atoms with Gasteiger partial charge in [-0.2, -0.15) is 0 Å². The highest BCUT2D eigenvalue weighted by Crippen LogP contribution is 2.43. The standard InChI is InChI=1S/C36H68NO8P/c1-3-5-7-9-11-13-15-17-19-20-22-24-26-28-35(38)42-32-34(33-44-46(40,41)43-31-30-37)45-36(39)29-27-25-23-21-18-16-14-12-10-8-6-4-2/h12,14,17,19,34H,3-11,13,15-16,18,20-33,37H2,1-2H3,(H,40,41)/b14-12+,19-17+/t34-/m1/s1. The molecule has 0 heterocycles. The van der Waals surface area contributed by atoms with Gasteiger partial charge in [0.05, 0.1) is 13.2 Å². The molecule has 270 valence electrons. The van der Waals surface area contributed by atoms with Crippen molar-refractivity contribution in [2.24, 2.45) is 5.73 Å². The molecule has 2 atom stereocenters. The second-order valence-corrected chi connectivity index (χ2v) is 13.5. The topological polar surface area (TPSA) is 134 Å². The van der Waals surface area contributed by atoms with Crippen LogP contribution in [0.5, 0.6) is 0 Å². The number of phosphoric ester groups is 1. The van der Waals surface area contributed by atoms with Crippen LogP contribution >= 0.6 is 7.82 Å². The smallest absolute Gasteiger partial charge is 0.462 e. The van der Waals surface area contributed by atoms with Crippen LogP contribution in [0.25, 0.3) is 0 Å². The molecule has 0 rings (SSSR count). The summed E-state index contributed by atoms with van der Waals surface area (Å²) in [4.78, 5) is 34.6. The highest BCUT2D eigenvalue weighted by Gasteiger charge is 2.25. The van der Waals surface area contributed by atoms with E-state index in [2.05, 4.69) is 38.2 Å². The van der Waals surface area contributed by atoms with E-state index in [9.17, 15) is 19.0 Å². The average molecular weight is 674 g/mol. The van der Waals surface area contributed by atoms with E-state index in [4.69, 9.17) is 24.3 Å². The van der Waals surface area contributed by atoms with Crippen molar-refractivity contribution in [3.05, 3.63) is 24.3 Å². The fourth-order valence-corrected chi connectivity index (χ4v) is 5.56. The summed E-state index contributed by atoms with van der Waals surface area (Å²) in [5.74, 6) is -0.859. The molecule has 0 aromatic rings. The average Bonchev–Trinajstić information content (AvgIpc) is 3.04. The van der Waals surface area contributed by atoms with Crippen LogP contribution in [0.15, 0.2) is 24.3 Å². The number of allylic oxidation sites excluding steroid dienone is 4. The Balaban J connectivity index is 4.28. The Morgan fingerprint density at radius 3 is 1.61 bits per heavy atom. The largest absolute Gasteiger partial charge is 0.472 e. The number of nitrogens with two attached hydrogens (primary N) is 1. The van der Waals surface area contributed by atoms with Crippen LogP contribution in [0.4, 0.5) is 0 Å². The molecular weight excluding hydrogens is 605 g/mol. The van der Waals surface area contributed by atoms with E-state index in [1.54, 1.807) is 0 Å². The zero-order valence-electron chi connectivity index (χ0n) is 29.3. The zero-order chi connectivity index (χ0) is 34.0. The zero-order valence-corrected chi connectivity index (χ0v) is 30.2. The quantitative estimate of drug-likeness (QED) is 0.0296. The second-order valence-electron chi connectivity index (χ2n) is 12.1. The number of ether oxygens (including phenoxy) is 2. The van der Waals surface area contributed by atoms with Crippen molar-refractivity contribution in [2.45, 2.75) is 168 Å². The number of unbranched alkanes of at least 4 members (excludes halogenated alkanes) is 17. The number of esters is 2. The minimum absolute atomic E-state index is 0.0508. The molecule has 1 unspecified atom stereocenters. The van der Waals surface area contributed by atoms with Crippen molar-refractivity contribution in [1.82, 2.24) is 0 Å². The number of rotatable bonds is 34. The minimum Gasteiger partial charge on any atom is -0.462 e. The van der Waals surface area contributed by atoms with Crippen LogP contribution in [-0.2, 0) is 32.7 Å². The maximum Gasteiger partial charge on any atom is 0.472 e. The molecule has 0 aromatic carbocycles. The first-order valence-corrected chi connectivity index (χ1v) is 19.8.